The van der Waals surface area contributed by atoms with Crippen molar-refractivity contribution >= 4 is 5.69 Å². The monoisotopic (exact) mass is 196 g/mol. The number of hydroxylamine groups is 1. The van der Waals surface area contributed by atoms with Crippen molar-refractivity contribution in [2.75, 3.05) is 7.11 Å². The zero-order valence-corrected chi connectivity index (χ0v) is 8.06. The van der Waals surface area contributed by atoms with Crippen LogP contribution >= 0.6 is 0 Å². The van der Waals surface area contributed by atoms with Crippen LogP contribution in [0, 0.1) is 10.1 Å². The summed E-state index contributed by atoms with van der Waals surface area (Å²) >= 11 is 0. The minimum absolute atomic E-state index is 0.101. The quantitative estimate of drug-likeness (QED) is 0.589. The molecule has 0 aliphatic heterocycles. The van der Waals surface area contributed by atoms with E-state index in [4.69, 9.17) is 4.84 Å². The van der Waals surface area contributed by atoms with Gasteiger partial charge in [-0.15, -0.1) is 0 Å². The van der Waals surface area contributed by atoms with Gasteiger partial charge in [0.05, 0.1) is 18.1 Å². The molecular weight excluding hydrogens is 184 g/mol. The second-order valence-corrected chi connectivity index (χ2v) is 2.86. The number of nitrogens with zero attached hydrogens (tertiary/aromatic N) is 1. The topological polar surface area (TPSA) is 64.4 Å². The highest BCUT2D eigenvalue weighted by Gasteiger charge is 2.17. The fraction of sp³-hybridized carbons (Fsp3) is 0.333. The highest BCUT2D eigenvalue weighted by molar-refractivity contribution is 5.41. The van der Waals surface area contributed by atoms with Gasteiger partial charge in [0.25, 0.3) is 5.69 Å². The maximum absolute atomic E-state index is 10.7. The number of rotatable bonds is 4. The summed E-state index contributed by atoms with van der Waals surface area (Å²) in [5, 5.41) is 10.7. The minimum atomic E-state index is -0.400. The summed E-state index contributed by atoms with van der Waals surface area (Å²) < 4.78 is 0. The number of nitro benzene ring substituents is 1. The smallest absolute Gasteiger partial charge is 0.274 e. The van der Waals surface area contributed by atoms with E-state index in [0.29, 0.717) is 5.56 Å². The molecule has 0 heterocycles. The molecule has 1 unspecified atom stereocenters. The van der Waals surface area contributed by atoms with E-state index in [9.17, 15) is 10.1 Å². The third-order valence-electron chi connectivity index (χ3n) is 1.89. The Morgan fingerprint density at radius 2 is 2.14 bits per heavy atom. The SMILES string of the molecule is CONC(C)c1ccccc1[N+](=O)[O-]. The molecular formula is C9H12N2O3. The van der Waals surface area contributed by atoms with Gasteiger partial charge >= 0.3 is 0 Å². The van der Waals surface area contributed by atoms with Gasteiger partial charge in [-0.1, -0.05) is 18.2 Å². The van der Waals surface area contributed by atoms with Crippen LogP contribution < -0.4 is 5.48 Å². The van der Waals surface area contributed by atoms with Gasteiger partial charge in [0.15, 0.2) is 0 Å². The maximum Gasteiger partial charge on any atom is 0.274 e. The molecule has 5 nitrogen and oxygen atoms in total. The first-order valence-corrected chi connectivity index (χ1v) is 4.18. The van der Waals surface area contributed by atoms with Gasteiger partial charge in [-0.25, -0.2) is 0 Å². The molecule has 1 atom stereocenters. The predicted octanol–water partition coefficient (Wildman–Crippen LogP) is 1.81. The molecule has 1 aromatic carbocycles. The van der Waals surface area contributed by atoms with Gasteiger partial charge < -0.3 is 4.84 Å². The van der Waals surface area contributed by atoms with E-state index in [1.807, 2.05) is 0 Å². The normalized spacial score (nSPS) is 12.4. The summed E-state index contributed by atoms with van der Waals surface area (Å²) in [7, 11) is 1.48. The molecule has 0 fully saturated rings. The van der Waals surface area contributed by atoms with Crippen LogP contribution in [-0.4, -0.2) is 12.0 Å². The summed E-state index contributed by atoms with van der Waals surface area (Å²) in [6, 6.07) is 6.37. The third-order valence-corrected chi connectivity index (χ3v) is 1.89. The molecule has 0 aromatic heterocycles. The van der Waals surface area contributed by atoms with Crippen molar-refractivity contribution in [3.8, 4) is 0 Å². The zero-order valence-electron chi connectivity index (χ0n) is 8.06. The molecule has 0 aliphatic rings. The lowest BCUT2D eigenvalue weighted by molar-refractivity contribution is -0.385. The summed E-state index contributed by atoms with van der Waals surface area (Å²) in [6.07, 6.45) is 0. The zero-order chi connectivity index (χ0) is 10.6. The molecule has 76 valence electrons. The van der Waals surface area contributed by atoms with Crippen LogP contribution in [0.25, 0.3) is 0 Å². The van der Waals surface area contributed by atoms with E-state index >= 15 is 0 Å². The molecule has 0 spiro atoms. The molecule has 0 bridgehead atoms. The fourth-order valence-electron chi connectivity index (χ4n) is 1.26. The average molecular weight is 196 g/mol. The van der Waals surface area contributed by atoms with E-state index in [2.05, 4.69) is 5.48 Å². The van der Waals surface area contributed by atoms with Gasteiger partial charge in [0.2, 0.25) is 0 Å². The lowest BCUT2D eigenvalue weighted by Crippen LogP contribution is -2.17. The second-order valence-electron chi connectivity index (χ2n) is 2.86. The van der Waals surface area contributed by atoms with E-state index < -0.39 is 4.92 Å². The first-order valence-electron chi connectivity index (χ1n) is 4.18. The van der Waals surface area contributed by atoms with Crippen LogP contribution in [0.2, 0.25) is 0 Å². The van der Waals surface area contributed by atoms with Gasteiger partial charge in [0.1, 0.15) is 0 Å². The second kappa shape index (κ2) is 4.69. The first-order chi connectivity index (χ1) is 6.66. The molecule has 1 aromatic rings. The number of hydrogen-bond acceptors (Lipinski definition) is 4. The molecule has 14 heavy (non-hydrogen) atoms. The van der Waals surface area contributed by atoms with Crippen LogP contribution in [0.15, 0.2) is 24.3 Å². The van der Waals surface area contributed by atoms with Crippen molar-refractivity contribution in [3.63, 3.8) is 0 Å². The Hall–Kier alpha value is -1.46. The van der Waals surface area contributed by atoms with Crippen LogP contribution in [0.5, 0.6) is 0 Å². The van der Waals surface area contributed by atoms with Crippen molar-refractivity contribution in [1.82, 2.24) is 5.48 Å². The number of benzene rings is 1. The van der Waals surface area contributed by atoms with Crippen molar-refractivity contribution in [1.29, 1.82) is 0 Å². The fourth-order valence-corrected chi connectivity index (χ4v) is 1.26. The van der Waals surface area contributed by atoms with E-state index in [0.717, 1.165) is 0 Å². The first kappa shape index (κ1) is 10.6. The van der Waals surface area contributed by atoms with E-state index in [1.54, 1.807) is 25.1 Å². The van der Waals surface area contributed by atoms with Crippen molar-refractivity contribution in [2.45, 2.75) is 13.0 Å². The van der Waals surface area contributed by atoms with Crippen molar-refractivity contribution in [3.05, 3.63) is 39.9 Å². The van der Waals surface area contributed by atoms with E-state index in [-0.39, 0.29) is 11.7 Å². The van der Waals surface area contributed by atoms with Gasteiger partial charge in [-0.3, -0.25) is 10.1 Å². The Labute approximate surface area is 81.8 Å². The molecule has 0 saturated carbocycles. The molecule has 1 rings (SSSR count). The number of para-hydroxylation sites is 1. The van der Waals surface area contributed by atoms with Gasteiger partial charge in [-0.2, -0.15) is 5.48 Å². The lowest BCUT2D eigenvalue weighted by atomic mass is 10.1. The van der Waals surface area contributed by atoms with Crippen LogP contribution in [-0.2, 0) is 4.84 Å². The number of nitro groups is 1. The lowest BCUT2D eigenvalue weighted by Gasteiger charge is -2.11. The third kappa shape index (κ3) is 2.27. The summed E-state index contributed by atoms with van der Waals surface area (Å²) in [5.74, 6) is 0. The number of nitrogens with one attached hydrogen (secondary N) is 1. The molecule has 0 saturated heterocycles. The molecule has 0 radical (unpaired) electrons. The molecule has 0 amide bonds. The molecule has 0 aliphatic carbocycles. The highest BCUT2D eigenvalue weighted by Crippen LogP contribution is 2.23. The molecule has 5 heteroatoms. The largest absolute Gasteiger partial charge is 0.305 e. The molecule has 1 N–H and O–H groups in total. The van der Waals surface area contributed by atoms with E-state index in [1.165, 1.54) is 13.2 Å². The highest BCUT2D eigenvalue weighted by atomic mass is 16.6. The van der Waals surface area contributed by atoms with Crippen LogP contribution in [0.4, 0.5) is 5.69 Å². The van der Waals surface area contributed by atoms with Crippen LogP contribution in [0.3, 0.4) is 0 Å². The summed E-state index contributed by atoms with van der Waals surface area (Å²) in [4.78, 5) is 15.0. The summed E-state index contributed by atoms with van der Waals surface area (Å²) in [6.45, 7) is 1.80. The predicted molar refractivity (Wildman–Crippen MR) is 51.7 cm³/mol. The summed E-state index contributed by atoms with van der Waals surface area (Å²) in [5.41, 5.74) is 3.36. The standard InChI is InChI=1S/C9H12N2O3/c1-7(10-14-2)8-5-3-4-6-9(8)11(12)13/h3-7,10H,1-2H3. The van der Waals surface area contributed by atoms with Crippen molar-refractivity contribution in [2.24, 2.45) is 0 Å². The van der Waals surface area contributed by atoms with Gasteiger partial charge in [-0.05, 0) is 6.92 Å². The minimum Gasteiger partial charge on any atom is -0.305 e. The van der Waals surface area contributed by atoms with Crippen LogP contribution in [0.1, 0.15) is 18.5 Å². The Bertz CT molecular complexity index is 328. The Kier molecular flexibility index (Phi) is 3.55. The average Bonchev–Trinajstić information content (AvgIpc) is 2.18. The Morgan fingerprint density at radius 3 is 2.71 bits per heavy atom. The maximum atomic E-state index is 10.7. The Morgan fingerprint density at radius 1 is 1.50 bits per heavy atom. The number of hydrogen-bond donors (Lipinski definition) is 1. The van der Waals surface area contributed by atoms with Crippen molar-refractivity contribution < 1.29 is 9.76 Å². The Balaban J connectivity index is 3.00. The van der Waals surface area contributed by atoms with Gasteiger partial charge in [0, 0.05) is 11.6 Å².